The van der Waals surface area contributed by atoms with Crippen molar-refractivity contribution in [3.63, 3.8) is 0 Å². The van der Waals surface area contributed by atoms with Crippen LogP contribution in [0.15, 0.2) is 11.1 Å². The van der Waals surface area contributed by atoms with Crippen molar-refractivity contribution in [2.75, 3.05) is 17.2 Å². The first kappa shape index (κ1) is 11.1. The lowest BCUT2D eigenvalue weighted by Crippen LogP contribution is -2.00. The minimum Gasteiger partial charge on any atom is -0.383 e. The summed E-state index contributed by atoms with van der Waals surface area (Å²) in [5.74, 6) is 2.42. The smallest absolute Gasteiger partial charge is 0.223 e. The van der Waals surface area contributed by atoms with E-state index in [0.717, 1.165) is 17.2 Å². The van der Waals surface area contributed by atoms with Gasteiger partial charge in [0.05, 0.1) is 0 Å². The minimum atomic E-state index is 0.247. The Balaban J connectivity index is 2.50. The maximum atomic E-state index is 5.55. The topological polar surface area (TPSA) is 77.8 Å². The molecule has 0 amide bonds. The maximum absolute atomic E-state index is 5.55. The van der Waals surface area contributed by atoms with Crippen LogP contribution in [0.3, 0.4) is 0 Å². The van der Waals surface area contributed by atoms with Crippen LogP contribution in [-0.4, -0.2) is 15.7 Å². The fourth-order valence-corrected chi connectivity index (χ4v) is 2.09. The van der Waals surface area contributed by atoms with E-state index in [0.29, 0.717) is 11.7 Å². The van der Waals surface area contributed by atoms with Crippen LogP contribution in [0.5, 0.6) is 0 Å². The molecule has 1 heterocycles. The number of aromatic nitrogens is 2. The van der Waals surface area contributed by atoms with Gasteiger partial charge < -0.3 is 11.5 Å². The highest BCUT2D eigenvalue weighted by Gasteiger charge is 2.01. The van der Waals surface area contributed by atoms with Crippen LogP contribution in [-0.2, 0) is 0 Å². The molecular formula is C9H16N4S. The first-order chi connectivity index (χ1) is 6.58. The van der Waals surface area contributed by atoms with Crippen LogP contribution in [0, 0.1) is 5.92 Å². The highest BCUT2D eigenvalue weighted by molar-refractivity contribution is 7.99. The zero-order valence-electron chi connectivity index (χ0n) is 8.53. The van der Waals surface area contributed by atoms with Crippen molar-refractivity contribution in [2.45, 2.75) is 25.3 Å². The molecule has 0 saturated carbocycles. The van der Waals surface area contributed by atoms with Gasteiger partial charge in [0.15, 0.2) is 0 Å². The summed E-state index contributed by atoms with van der Waals surface area (Å²) in [5, 5.41) is 0.857. The second-order valence-corrected chi connectivity index (χ2v) is 4.64. The fraction of sp³-hybridized carbons (Fsp3) is 0.556. The molecule has 14 heavy (non-hydrogen) atoms. The van der Waals surface area contributed by atoms with E-state index in [-0.39, 0.29) is 5.95 Å². The van der Waals surface area contributed by atoms with Gasteiger partial charge in [-0.2, -0.15) is 4.98 Å². The van der Waals surface area contributed by atoms with Crippen LogP contribution >= 0.6 is 11.8 Å². The molecule has 78 valence electrons. The van der Waals surface area contributed by atoms with E-state index in [4.69, 9.17) is 11.5 Å². The van der Waals surface area contributed by atoms with Crippen molar-refractivity contribution < 1.29 is 0 Å². The zero-order valence-corrected chi connectivity index (χ0v) is 9.34. The summed E-state index contributed by atoms with van der Waals surface area (Å²) in [4.78, 5) is 7.89. The van der Waals surface area contributed by atoms with Crippen molar-refractivity contribution in [1.29, 1.82) is 0 Å². The molecule has 4 nitrogen and oxygen atoms in total. The van der Waals surface area contributed by atoms with Crippen LogP contribution in [0.25, 0.3) is 0 Å². The van der Waals surface area contributed by atoms with E-state index >= 15 is 0 Å². The SMILES string of the molecule is CC(C)CCSc1cc(N)nc(N)n1. The Hall–Kier alpha value is -0.970. The van der Waals surface area contributed by atoms with E-state index in [1.807, 2.05) is 0 Å². The number of rotatable bonds is 4. The van der Waals surface area contributed by atoms with Crippen molar-refractivity contribution in [2.24, 2.45) is 5.92 Å². The van der Waals surface area contributed by atoms with Crippen LogP contribution < -0.4 is 11.5 Å². The second kappa shape index (κ2) is 5.05. The first-order valence-electron chi connectivity index (χ1n) is 4.60. The molecule has 0 spiro atoms. The number of anilines is 2. The summed E-state index contributed by atoms with van der Waals surface area (Å²) >= 11 is 1.67. The van der Waals surface area contributed by atoms with Gasteiger partial charge in [-0.3, -0.25) is 0 Å². The van der Waals surface area contributed by atoms with E-state index in [1.54, 1.807) is 17.8 Å². The quantitative estimate of drug-likeness (QED) is 0.587. The third kappa shape index (κ3) is 3.83. The monoisotopic (exact) mass is 212 g/mol. The summed E-state index contributed by atoms with van der Waals surface area (Å²) in [6, 6.07) is 1.75. The van der Waals surface area contributed by atoms with Gasteiger partial charge in [-0.15, -0.1) is 11.8 Å². The number of nitrogens with zero attached hydrogens (tertiary/aromatic N) is 2. The Morgan fingerprint density at radius 2 is 2.07 bits per heavy atom. The standard InChI is InChI=1S/C9H16N4S/c1-6(2)3-4-14-8-5-7(10)12-9(11)13-8/h5-6H,3-4H2,1-2H3,(H4,10,11,12,13). The van der Waals surface area contributed by atoms with Gasteiger partial charge in [0.25, 0.3) is 0 Å². The lowest BCUT2D eigenvalue weighted by Gasteiger charge is -2.04. The molecular weight excluding hydrogens is 196 g/mol. The Bertz CT molecular complexity index is 281. The first-order valence-corrected chi connectivity index (χ1v) is 5.59. The lowest BCUT2D eigenvalue weighted by molar-refractivity contribution is 0.632. The maximum Gasteiger partial charge on any atom is 0.223 e. The number of nitrogen functional groups attached to an aromatic ring is 2. The van der Waals surface area contributed by atoms with E-state index in [1.165, 1.54) is 0 Å². The molecule has 0 aliphatic carbocycles. The van der Waals surface area contributed by atoms with Gasteiger partial charge >= 0.3 is 0 Å². The van der Waals surface area contributed by atoms with Gasteiger partial charge in [0, 0.05) is 6.07 Å². The number of thioether (sulfide) groups is 1. The number of hydrogen-bond acceptors (Lipinski definition) is 5. The van der Waals surface area contributed by atoms with Gasteiger partial charge in [-0.05, 0) is 18.1 Å². The third-order valence-electron chi connectivity index (χ3n) is 1.68. The largest absolute Gasteiger partial charge is 0.383 e. The average Bonchev–Trinajstić information content (AvgIpc) is 2.01. The van der Waals surface area contributed by atoms with Crippen molar-refractivity contribution in [3.8, 4) is 0 Å². The van der Waals surface area contributed by atoms with Crippen molar-refractivity contribution >= 4 is 23.5 Å². The van der Waals surface area contributed by atoms with Crippen molar-refractivity contribution in [3.05, 3.63) is 6.07 Å². The molecule has 0 fully saturated rings. The highest BCUT2D eigenvalue weighted by atomic mass is 32.2. The summed E-state index contributed by atoms with van der Waals surface area (Å²) in [7, 11) is 0. The van der Waals surface area contributed by atoms with Crippen LogP contribution in [0.1, 0.15) is 20.3 Å². The molecule has 1 aromatic rings. The van der Waals surface area contributed by atoms with Gasteiger partial charge in [-0.1, -0.05) is 13.8 Å². The summed E-state index contributed by atoms with van der Waals surface area (Å²) in [6.07, 6.45) is 1.16. The van der Waals surface area contributed by atoms with E-state index in [2.05, 4.69) is 23.8 Å². The Morgan fingerprint density at radius 3 is 2.64 bits per heavy atom. The Morgan fingerprint density at radius 1 is 1.36 bits per heavy atom. The molecule has 5 heteroatoms. The third-order valence-corrected chi connectivity index (χ3v) is 2.63. The molecule has 0 radical (unpaired) electrons. The molecule has 0 aromatic carbocycles. The lowest BCUT2D eigenvalue weighted by atomic mass is 10.2. The predicted molar refractivity (Wildman–Crippen MR) is 61.0 cm³/mol. The normalized spacial score (nSPS) is 10.8. The molecule has 0 bridgehead atoms. The summed E-state index contributed by atoms with van der Waals surface area (Å²) in [5.41, 5.74) is 11.0. The fourth-order valence-electron chi connectivity index (χ4n) is 0.934. The molecule has 0 atom stereocenters. The van der Waals surface area contributed by atoms with Crippen LogP contribution in [0.4, 0.5) is 11.8 Å². The van der Waals surface area contributed by atoms with Gasteiger partial charge in [0.1, 0.15) is 10.8 Å². The highest BCUT2D eigenvalue weighted by Crippen LogP contribution is 2.20. The van der Waals surface area contributed by atoms with Gasteiger partial charge in [0.2, 0.25) is 5.95 Å². The number of hydrogen-bond donors (Lipinski definition) is 2. The minimum absolute atomic E-state index is 0.247. The summed E-state index contributed by atoms with van der Waals surface area (Å²) < 4.78 is 0. The molecule has 0 aliphatic rings. The zero-order chi connectivity index (χ0) is 10.6. The van der Waals surface area contributed by atoms with E-state index < -0.39 is 0 Å². The second-order valence-electron chi connectivity index (χ2n) is 3.52. The van der Waals surface area contributed by atoms with Crippen LogP contribution in [0.2, 0.25) is 0 Å². The van der Waals surface area contributed by atoms with Crippen molar-refractivity contribution in [1.82, 2.24) is 9.97 Å². The molecule has 0 unspecified atom stereocenters. The Labute approximate surface area is 88.5 Å². The molecule has 1 aromatic heterocycles. The van der Waals surface area contributed by atoms with Gasteiger partial charge in [-0.25, -0.2) is 4.98 Å². The summed E-state index contributed by atoms with van der Waals surface area (Å²) in [6.45, 7) is 4.40. The molecule has 1 rings (SSSR count). The molecule has 0 aliphatic heterocycles. The average molecular weight is 212 g/mol. The Kier molecular flexibility index (Phi) is 4.00. The predicted octanol–water partition coefficient (Wildman–Crippen LogP) is 1.78. The molecule has 4 N–H and O–H groups in total. The van der Waals surface area contributed by atoms with E-state index in [9.17, 15) is 0 Å². The molecule has 0 saturated heterocycles. The number of nitrogens with two attached hydrogens (primary N) is 2.